The molecule has 0 aliphatic carbocycles. The minimum absolute atomic E-state index is 0.894. The number of rotatable bonds is 2. The molecule has 20 heavy (non-hydrogen) atoms. The van der Waals surface area contributed by atoms with Gasteiger partial charge in [0.25, 0.3) is 0 Å². The summed E-state index contributed by atoms with van der Waals surface area (Å²) in [6.45, 7) is 6.33. The van der Waals surface area contributed by atoms with Crippen molar-refractivity contribution in [1.29, 1.82) is 0 Å². The van der Waals surface area contributed by atoms with Crippen molar-refractivity contribution in [3.05, 3.63) is 64.5 Å². The van der Waals surface area contributed by atoms with Gasteiger partial charge in [-0.15, -0.1) is 0 Å². The number of imidazole rings is 1. The first kappa shape index (κ1) is 12.7. The minimum Gasteiger partial charge on any atom is -0.338 e. The number of hydrogen-bond acceptors (Lipinski definition) is 1. The molecular weight excluding hydrogens is 244 g/mol. The Bertz CT molecular complexity index is 738. The van der Waals surface area contributed by atoms with Crippen molar-refractivity contribution in [2.24, 2.45) is 0 Å². The first-order valence-corrected chi connectivity index (χ1v) is 6.83. The molecule has 3 rings (SSSR count). The van der Waals surface area contributed by atoms with Gasteiger partial charge in [0, 0.05) is 0 Å². The van der Waals surface area contributed by atoms with Crippen LogP contribution in [-0.2, 0) is 0 Å². The highest BCUT2D eigenvalue weighted by molar-refractivity contribution is 5.80. The zero-order valence-corrected chi connectivity index (χ0v) is 12.1. The van der Waals surface area contributed by atoms with Gasteiger partial charge in [-0.25, -0.2) is 4.98 Å². The van der Waals surface area contributed by atoms with E-state index in [1.54, 1.807) is 0 Å². The highest BCUT2D eigenvalue weighted by Crippen LogP contribution is 2.18. The standard InChI is InChI=1S/C18H18N2/c1-12-4-6-15(7-5-12)8-9-18-19-16-10-13(2)14(3)11-17(16)20-18/h4-11H,1-3H3,(H,19,20). The van der Waals surface area contributed by atoms with E-state index in [2.05, 4.69) is 73.2 Å². The number of hydrogen-bond donors (Lipinski definition) is 1. The maximum atomic E-state index is 4.60. The van der Waals surface area contributed by atoms with Crippen LogP contribution in [0.5, 0.6) is 0 Å². The van der Waals surface area contributed by atoms with Gasteiger partial charge in [0.1, 0.15) is 5.82 Å². The van der Waals surface area contributed by atoms with Crippen LogP contribution in [0, 0.1) is 20.8 Å². The van der Waals surface area contributed by atoms with E-state index in [0.29, 0.717) is 0 Å². The van der Waals surface area contributed by atoms with Crippen LogP contribution in [-0.4, -0.2) is 9.97 Å². The van der Waals surface area contributed by atoms with Crippen molar-refractivity contribution in [2.45, 2.75) is 20.8 Å². The van der Waals surface area contributed by atoms with Crippen LogP contribution in [0.4, 0.5) is 0 Å². The molecule has 0 radical (unpaired) electrons. The number of fused-ring (bicyclic) bond motifs is 1. The van der Waals surface area contributed by atoms with Gasteiger partial charge in [0.05, 0.1) is 11.0 Å². The molecule has 0 saturated carbocycles. The third kappa shape index (κ3) is 2.50. The summed E-state index contributed by atoms with van der Waals surface area (Å²) in [5.41, 5.74) is 7.14. The number of aryl methyl sites for hydroxylation is 3. The van der Waals surface area contributed by atoms with Crippen LogP contribution in [0.2, 0.25) is 0 Å². The molecule has 0 aliphatic heterocycles. The summed E-state index contributed by atoms with van der Waals surface area (Å²) in [4.78, 5) is 7.95. The summed E-state index contributed by atoms with van der Waals surface area (Å²) in [6, 6.07) is 12.7. The predicted octanol–water partition coefficient (Wildman–Crippen LogP) is 4.66. The Kier molecular flexibility index (Phi) is 3.15. The zero-order valence-electron chi connectivity index (χ0n) is 12.1. The first-order valence-electron chi connectivity index (χ1n) is 6.83. The Balaban J connectivity index is 1.92. The highest BCUT2D eigenvalue weighted by Gasteiger charge is 2.02. The SMILES string of the molecule is Cc1ccc(C=Cc2nc3cc(C)c(C)cc3[nH]2)cc1. The second-order valence-corrected chi connectivity index (χ2v) is 5.32. The van der Waals surface area contributed by atoms with Gasteiger partial charge in [0.15, 0.2) is 0 Å². The quantitative estimate of drug-likeness (QED) is 0.715. The van der Waals surface area contributed by atoms with Crippen LogP contribution in [0.3, 0.4) is 0 Å². The molecule has 0 aliphatic rings. The van der Waals surface area contributed by atoms with Crippen molar-refractivity contribution in [2.75, 3.05) is 0 Å². The molecule has 2 nitrogen and oxygen atoms in total. The normalized spacial score (nSPS) is 11.6. The fraction of sp³-hybridized carbons (Fsp3) is 0.167. The second-order valence-electron chi connectivity index (χ2n) is 5.32. The van der Waals surface area contributed by atoms with E-state index in [-0.39, 0.29) is 0 Å². The van der Waals surface area contributed by atoms with Crippen LogP contribution in [0.15, 0.2) is 36.4 Å². The van der Waals surface area contributed by atoms with Crippen molar-refractivity contribution in [1.82, 2.24) is 9.97 Å². The lowest BCUT2D eigenvalue weighted by Crippen LogP contribution is -1.79. The molecule has 0 spiro atoms. The maximum absolute atomic E-state index is 4.60. The summed E-state index contributed by atoms with van der Waals surface area (Å²) in [6.07, 6.45) is 4.10. The monoisotopic (exact) mass is 262 g/mol. The van der Waals surface area contributed by atoms with Gasteiger partial charge >= 0.3 is 0 Å². The van der Waals surface area contributed by atoms with E-state index < -0.39 is 0 Å². The molecule has 2 heteroatoms. The topological polar surface area (TPSA) is 28.7 Å². The summed E-state index contributed by atoms with van der Waals surface area (Å²) < 4.78 is 0. The summed E-state index contributed by atoms with van der Waals surface area (Å²) in [7, 11) is 0. The van der Waals surface area contributed by atoms with Crippen molar-refractivity contribution >= 4 is 23.2 Å². The number of benzene rings is 2. The molecule has 0 atom stereocenters. The zero-order chi connectivity index (χ0) is 14.1. The van der Waals surface area contributed by atoms with Crippen molar-refractivity contribution in [3.8, 4) is 0 Å². The Morgan fingerprint density at radius 3 is 2.35 bits per heavy atom. The third-order valence-electron chi connectivity index (χ3n) is 3.63. The number of nitrogens with zero attached hydrogens (tertiary/aromatic N) is 1. The minimum atomic E-state index is 0.894. The summed E-state index contributed by atoms with van der Waals surface area (Å²) in [5.74, 6) is 0.894. The first-order chi connectivity index (χ1) is 9.61. The van der Waals surface area contributed by atoms with E-state index in [4.69, 9.17) is 0 Å². The van der Waals surface area contributed by atoms with Gasteiger partial charge in [-0.2, -0.15) is 0 Å². The fourth-order valence-electron chi connectivity index (χ4n) is 2.22. The van der Waals surface area contributed by atoms with Gasteiger partial charge in [0.2, 0.25) is 0 Å². The van der Waals surface area contributed by atoms with Crippen molar-refractivity contribution < 1.29 is 0 Å². The molecule has 1 heterocycles. The Morgan fingerprint density at radius 2 is 1.60 bits per heavy atom. The number of aromatic amines is 1. The van der Waals surface area contributed by atoms with Gasteiger partial charge < -0.3 is 4.98 Å². The highest BCUT2D eigenvalue weighted by atomic mass is 14.9. The van der Waals surface area contributed by atoms with E-state index in [9.17, 15) is 0 Å². The molecule has 1 aromatic heterocycles. The van der Waals surface area contributed by atoms with E-state index >= 15 is 0 Å². The smallest absolute Gasteiger partial charge is 0.131 e. The molecule has 100 valence electrons. The molecule has 0 unspecified atom stereocenters. The molecule has 0 bridgehead atoms. The molecule has 0 saturated heterocycles. The lowest BCUT2D eigenvalue weighted by atomic mass is 10.1. The van der Waals surface area contributed by atoms with E-state index in [1.165, 1.54) is 22.3 Å². The molecule has 1 N–H and O–H groups in total. The number of H-pyrrole nitrogens is 1. The van der Waals surface area contributed by atoms with Crippen LogP contribution >= 0.6 is 0 Å². The molecular formula is C18H18N2. The van der Waals surface area contributed by atoms with Gasteiger partial charge in [-0.05, 0) is 55.7 Å². The average molecular weight is 262 g/mol. The Hall–Kier alpha value is -2.35. The summed E-state index contributed by atoms with van der Waals surface area (Å²) >= 11 is 0. The van der Waals surface area contributed by atoms with Crippen LogP contribution in [0.25, 0.3) is 23.2 Å². The van der Waals surface area contributed by atoms with Crippen LogP contribution < -0.4 is 0 Å². The predicted molar refractivity (Wildman–Crippen MR) is 85.7 cm³/mol. The van der Waals surface area contributed by atoms with Gasteiger partial charge in [-0.1, -0.05) is 35.9 Å². The number of aromatic nitrogens is 2. The summed E-state index contributed by atoms with van der Waals surface area (Å²) in [5, 5.41) is 0. The molecule has 2 aromatic carbocycles. The molecule has 0 amide bonds. The fourth-order valence-corrected chi connectivity index (χ4v) is 2.22. The largest absolute Gasteiger partial charge is 0.338 e. The lowest BCUT2D eigenvalue weighted by Gasteiger charge is -1.97. The van der Waals surface area contributed by atoms with Crippen LogP contribution in [0.1, 0.15) is 28.1 Å². The molecule has 0 fully saturated rings. The molecule has 3 aromatic rings. The van der Waals surface area contributed by atoms with Crippen molar-refractivity contribution in [3.63, 3.8) is 0 Å². The second kappa shape index (κ2) is 4.97. The van der Waals surface area contributed by atoms with Gasteiger partial charge in [-0.3, -0.25) is 0 Å². The Morgan fingerprint density at radius 1 is 0.900 bits per heavy atom. The Labute approximate surface area is 119 Å². The average Bonchev–Trinajstić information content (AvgIpc) is 2.80. The maximum Gasteiger partial charge on any atom is 0.131 e. The lowest BCUT2D eigenvalue weighted by molar-refractivity contribution is 1.29. The van der Waals surface area contributed by atoms with E-state index in [0.717, 1.165) is 16.9 Å². The third-order valence-corrected chi connectivity index (χ3v) is 3.63. The van der Waals surface area contributed by atoms with E-state index in [1.807, 2.05) is 6.08 Å². The number of nitrogens with one attached hydrogen (secondary N) is 1.